The Balaban J connectivity index is 1.63. The highest BCUT2D eigenvalue weighted by molar-refractivity contribution is 9.11. The predicted molar refractivity (Wildman–Crippen MR) is 129 cm³/mol. The molecule has 1 N–H and O–H groups in total. The minimum atomic E-state index is -5.03. The van der Waals surface area contributed by atoms with Crippen molar-refractivity contribution in [2.24, 2.45) is 5.92 Å². The molecule has 1 aromatic heterocycles. The molecule has 2 aromatic rings. The molecule has 0 radical (unpaired) electrons. The molecule has 3 heterocycles. The highest BCUT2D eigenvalue weighted by Gasteiger charge is 2.42. The Morgan fingerprint density at radius 1 is 1.28 bits per heavy atom. The fourth-order valence-electron chi connectivity index (χ4n) is 4.07. The lowest BCUT2D eigenvalue weighted by molar-refractivity contribution is -0.274. The Morgan fingerprint density at radius 3 is 2.69 bits per heavy atom. The summed E-state index contributed by atoms with van der Waals surface area (Å²) in [5.74, 6) is -0.333. The molecular formula is C23H19BrF3N3O5S. The standard InChI is InChI=1S/C23H19BrF3N3O5S/c1-2-3-14-15(28-21(32)18-6-7-19(24)36-18)11-30(22(14)33)13-4-5-16(17(10-13)35-23(25,26)27)29-8-9-34-12-20(29)31/h1,4-7,10,14-15H,3,8-9,11-12H2,(H,28,32). The zero-order valence-corrected chi connectivity index (χ0v) is 20.9. The number of amides is 3. The van der Waals surface area contributed by atoms with Gasteiger partial charge in [-0.25, -0.2) is 0 Å². The number of ether oxygens (including phenoxy) is 2. The molecule has 0 bridgehead atoms. The van der Waals surface area contributed by atoms with Gasteiger partial charge in [-0.3, -0.25) is 14.4 Å². The van der Waals surface area contributed by atoms with Crippen LogP contribution in [0.15, 0.2) is 34.1 Å². The summed E-state index contributed by atoms with van der Waals surface area (Å²) in [7, 11) is 0. The second-order valence-corrected chi connectivity index (χ2v) is 10.4. The Labute approximate surface area is 216 Å². The Hall–Kier alpha value is -3.08. The Morgan fingerprint density at radius 2 is 2.06 bits per heavy atom. The maximum atomic E-state index is 13.2. The highest BCUT2D eigenvalue weighted by Crippen LogP contribution is 2.39. The van der Waals surface area contributed by atoms with Crippen molar-refractivity contribution < 1.29 is 37.0 Å². The van der Waals surface area contributed by atoms with Crippen LogP contribution in [0.5, 0.6) is 5.75 Å². The number of nitrogens with one attached hydrogen (secondary N) is 1. The van der Waals surface area contributed by atoms with Crippen LogP contribution in [0, 0.1) is 18.3 Å². The molecule has 0 spiro atoms. The first-order valence-corrected chi connectivity index (χ1v) is 12.3. The van der Waals surface area contributed by atoms with E-state index in [1.807, 2.05) is 0 Å². The summed E-state index contributed by atoms with van der Waals surface area (Å²) in [4.78, 5) is 40.9. The maximum absolute atomic E-state index is 13.2. The van der Waals surface area contributed by atoms with Gasteiger partial charge in [0.05, 0.1) is 32.9 Å². The van der Waals surface area contributed by atoms with E-state index in [2.05, 4.69) is 31.9 Å². The first kappa shape index (κ1) is 26.0. The number of thiophene rings is 1. The number of carbonyl (C=O) groups excluding carboxylic acids is 3. The van der Waals surface area contributed by atoms with E-state index in [9.17, 15) is 27.6 Å². The van der Waals surface area contributed by atoms with Crippen molar-refractivity contribution in [2.75, 3.05) is 36.1 Å². The smallest absolute Gasteiger partial charge is 0.403 e. The summed E-state index contributed by atoms with van der Waals surface area (Å²) in [5, 5.41) is 2.81. The van der Waals surface area contributed by atoms with Crippen LogP contribution in [0.4, 0.5) is 24.5 Å². The van der Waals surface area contributed by atoms with Crippen LogP contribution < -0.4 is 19.9 Å². The third-order valence-electron chi connectivity index (χ3n) is 5.66. The van der Waals surface area contributed by atoms with Crippen molar-refractivity contribution in [3.63, 3.8) is 0 Å². The van der Waals surface area contributed by atoms with E-state index < -0.39 is 41.8 Å². The van der Waals surface area contributed by atoms with E-state index in [4.69, 9.17) is 11.2 Å². The van der Waals surface area contributed by atoms with E-state index in [0.717, 1.165) is 14.8 Å². The normalized spacial score (nSPS) is 20.4. The van der Waals surface area contributed by atoms with Crippen molar-refractivity contribution in [2.45, 2.75) is 18.8 Å². The minimum Gasteiger partial charge on any atom is -0.403 e. The lowest BCUT2D eigenvalue weighted by Crippen LogP contribution is -2.42. The average molecular weight is 586 g/mol. The molecule has 8 nitrogen and oxygen atoms in total. The quantitative estimate of drug-likeness (QED) is 0.524. The number of morpholine rings is 1. The van der Waals surface area contributed by atoms with Gasteiger partial charge < -0.3 is 24.6 Å². The molecular weight excluding hydrogens is 567 g/mol. The second-order valence-electron chi connectivity index (χ2n) is 7.95. The number of hydrogen-bond donors (Lipinski definition) is 1. The number of alkyl halides is 3. The molecule has 2 unspecified atom stereocenters. The number of nitrogens with zero attached hydrogens (tertiary/aromatic N) is 2. The first-order valence-electron chi connectivity index (χ1n) is 10.7. The van der Waals surface area contributed by atoms with E-state index in [-0.39, 0.29) is 44.1 Å². The summed E-state index contributed by atoms with van der Waals surface area (Å²) in [6.07, 6.45) is 0.437. The molecule has 0 saturated carbocycles. The van der Waals surface area contributed by atoms with Gasteiger partial charge in [-0.15, -0.1) is 36.9 Å². The third-order valence-corrected chi connectivity index (χ3v) is 7.28. The summed E-state index contributed by atoms with van der Waals surface area (Å²) in [5.41, 5.74) is 0.0191. The van der Waals surface area contributed by atoms with Gasteiger partial charge in [0.1, 0.15) is 6.61 Å². The Kier molecular flexibility index (Phi) is 7.58. The van der Waals surface area contributed by atoms with E-state index >= 15 is 0 Å². The van der Waals surface area contributed by atoms with Gasteiger partial charge in [-0.05, 0) is 40.2 Å². The van der Waals surface area contributed by atoms with E-state index in [0.29, 0.717) is 4.88 Å². The average Bonchev–Trinajstić information content (AvgIpc) is 3.38. The molecule has 4 rings (SSSR count). The van der Waals surface area contributed by atoms with Crippen LogP contribution in [-0.2, 0) is 14.3 Å². The predicted octanol–water partition coefficient (Wildman–Crippen LogP) is 3.56. The topological polar surface area (TPSA) is 88.2 Å². The summed E-state index contributed by atoms with van der Waals surface area (Å²) in [6.45, 7) is -0.0791. The van der Waals surface area contributed by atoms with Crippen molar-refractivity contribution >= 4 is 56.4 Å². The number of rotatable bonds is 6. The van der Waals surface area contributed by atoms with Gasteiger partial charge in [-0.1, -0.05) is 0 Å². The molecule has 2 atom stereocenters. The monoisotopic (exact) mass is 585 g/mol. The number of carbonyl (C=O) groups is 3. The highest BCUT2D eigenvalue weighted by atomic mass is 79.9. The lowest BCUT2D eigenvalue weighted by atomic mass is 9.99. The van der Waals surface area contributed by atoms with Gasteiger partial charge >= 0.3 is 6.36 Å². The SMILES string of the molecule is C#CCC1C(=O)N(c2ccc(N3CCOCC3=O)c(OC(F)(F)F)c2)CC1NC(=O)c1ccc(Br)s1. The molecule has 36 heavy (non-hydrogen) atoms. The fraction of sp³-hybridized carbons (Fsp3) is 0.348. The molecule has 3 amide bonds. The first-order chi connectivity index (χ1) is 17.1. The minimum absolute atomic E-state index is 0.00917. The van der Waals surface area contributed by atoms with Crippen LogP contribution in [0.3, 0.4) is 0 Å². The van der Waals surface area contributed by atoms with Gasteiger partial charge in [-0.2, -0.15) is 0 Å². The van der Waals surface area contributed by atoms with Gasteiger partial charge in [0.2, 0.25) is 5.91 Å². The van der Waals surface area contributed by atoms with Crippen LogP contribution in [-0.4, -0.2) is 56.4 Å². The molecule has 2 aliphatic heterocycles. The molecule has 2 fully saturated rings. The van der Waals surface area contributed by atoms with E-state index in [1.54, 1.807) is 12.1 Å². The number of benzene rings is 1. The lowest BCUT2D eigenvalue weighted by Gasteiger charge is -2.29. The zero-order valence-electron chi connectivity index (χ0n) is 18.5. The number of terminal acetylenes is 1. The molecule has 190 valence electrons. The zero-order chi connectivity index (χ0) is 26.0. The van der Waals surface area contributed by atoms with Crippen LogP contribution in [0.25, 0.3) is 0 Å². The summed E-state index contributed by atoms with van der Waals surface area (Å²) < 4.78 is 49.6. The fourth-order valence-corrected chi connectivity index (χ4v) is 5.36. The summed E-state index contributed by atoms with van der Waals surface area (Å²) in [6, 6.07) is 6.44. The van der Waals surface area contributed by atoms with Gasteiger partial charge in [0.15, 0.2) is 5.75 Å². The third kappa shape index (κ3) is 5.66. The molecule has 2 aliphatic rings. The molecule has 2 saturated heterocycles. The van der Waals surface area contributed by atoms with E-state index in [1.165, 1.54) is 28.4 Å². The van der Waals surface area contributed by atoms with Crippen molar-refractivity contribution in [3.05, 3.63) is 39.0 Å². The largest absolute Gasteiger partial charge is 0.573 e. The van der Waals surface area contributed by atoms with Gasteiger partial charge in [0, 0.05) is 31.3 Å². The van der Waals surface area contributed by atoms with Crippen LogP contribution in [0.1, 0.15) is 16.1 Å². The maximum Gasteiger partial charge on any atom is 0.573 e. The molecule has 13 heteroatoms. The van der Waals surface area contributed by atoms with Crippen molar-refractivity contribution in [1.82, 2.24) is 5.32 Å². The van der Waals surface area contributed by atoms with Crippen molar-refractivity contribution in [1.29, 1.82) is 0 Å². The number of hydrogen-bond acceptors (Lipinski definition) is 6. The number of anilines is 2. The van der Waals surface area contributed by atoms with Crippen LogP contribution in [0.2, 0.25) is 0 Å². The molecule has 0 aliphatic carbocycles. The molecule has 1 aromatic carbocycles. The summed E-state index contributed by atoms with van der Waals surface area (Å²) >= 11 is 4.51. The number of halogens is 4. The second kappa shape index (κ2) is 10.5. The van der Waals surface area contributed by atoms with Crippen LogP contribution >= 0.6 is 27.3 Å². The van der Waals surface area contributed by atoms with Crippen molar-refractivity contribution in [3.8, 4) is 18.1 Å². The van der Waals surface area contributed by atoms with Gasteiger partial charge in [0.25, 0.3) is 11.8 Å². The Bertz CT molecular complexity index is 1230.